The molecular formula is C14H14ClN3O3S. The van der Waals surface area contributed by atoms with Crippen molar-refractivity contribution in [3.8, 4) is 0 Å². The van der Waals surface area contributed by atoms with Gasteiger partial charge in [-0.25, -0.2) is 10.3 Å². The number of hydrogen-bond acceptors (Lipinski definition) is 4. The average Bonchev–Trinajstić information content (AvgIpc) is 2.49. The Bertz CT molecular complexity index is 631. The third-order valence-electron chi connectivity index (χ3n) is 3.11. The standard InChI is InChI=1S/C14H14ClN3O3S/c15-8-7-13(20)18(14(21)22)10-3-1-9(2-4-10)11-5-6-12(19)17-16-11/h1-4H,5-8H2,(H,17,19)(H,21,22). The Morgan fingerprint density at radius 1 is 1.27 bits per heavy atom. The van der Waals surface area contributed by atoms with Crippen LogP contribution in [0, 0.1) is 0 Å². The number of hydrogen-bond donors (Lipinski definition) is 2. The number of carbonyl (C=O) groups excluding carboxylic acids is 3. The molecule has 1 N–H and O–H groups in total. The van der Waals surface area contributed by atoms with E-state index < -0.39 is 11.1 Å². The molecule has 0 saturated heterocycles. The molecule has 1 aliphatic rings. The van der Waals surface area contributed by atoms with Gasteiger partial charge in [-0.2, -0.15) is 5.10 Å². The number of hydrazone groups is 1. The highest BCUT2D eigenvalue weighted by Crippen LogP contribution is 2.20. The van der Waals surface area contributed by atoms with Crippen molar-refractivity contribution in [2.24, 2.45) is 5.10 Å². The van der Waals surface area contributed by atoms with Crippen LogP contribution in [-0.2, 0) is 9.59 Å². The van der Waals surface area contributed by atoms with Crippen LogP contribution >= 0.6 is 24.2 Å². The number of carbonyl (C=O) groups is 3. The molecule has 116 valence electrons. The molecule has 8 heteroatoms. The van der Waals surface area contributed by atoms with E-state index >= 15 is 0 Å². The molecule has 0 aromatic heterocycles. The van der Waals surface area contributed by atoms with Crippen molar-refractivity contribution in [1.29, 1.82) is 0 Å². The molecule has 22 heavy (non-hydrogen) atoms. The maximum absolute atomic E-state index is 11.9. The maximum Gasteiger partial charge on any atom is 0.289 e. The largest absolute Gasteiger partial charge is 0.289 e. The summed E-state index contributed by atoms with van der Waals surface area (Å²) in [4.78, 5) is 35.5. The first kappa shape index (κ1) is 16.5. The smallest absolute Gasteiger partial charge is 0.274 e. The molecule has 0 saturated carbocycles. The number of nitrogens with one attached hydrogen (secondary N) is 1. The van der Waals surface area contributed by atoms with Gasteiger partial charge in [0, 0.05) is 25.1 Å². The summed E-state index contributed by atoms with van der Waals surface area (Å²) in [7, 11) is 0. The molecule has 1 heterocycles. The first-order valence-corrected chi connectivity index (χ1v) is 7.59. The lowest BCUT2D eigenvalue weighted by atomic mass is 10.0. The van der Waals surface area contributed by atoms with Gasteiger partial charge >= 0.3 is 0 Å². The van der Waals surface area contributed by atoms with Gasteiger partial charge < -0.3 is 0 Å². The topological polar surface area (TPSA) is 78.8 Å². The molecule has 2 rings (SSSR count). The third kappa shape index (κ3) is 3.86. The Balaban J connectivity index is 2.21. The summed E-state index contributed by atoms with van der Waals surface area (Å²) < 4.78 is 0. The van der Waals surface area contributed by atoms with Crippen molar-refractivity contribution in [3.63, 3.8) is 0 Å². The Labute approximate surface area is 137 Å². The van der Waals surface area contributed by atoms with Gasteiger partial charge in [0.05, 0.1) is 11.4 Å². The summed E-state index contributed by atoms with van der Waals surface area (Å²) >= 11 is 9.26. The van der Waals surface area contributed by atoms with Crippen LogP contribution in [0.25, 0.3) is 0 Å². The fourth-order valence-corrected chi connectivity index (χ4v) is 2.43. The summed E-state index contributed by atoms with van der Waals surface area (Å²) in [6.07, 6.45) is 0.982. The number of halogens is 1. The van der Waals surface area contributed by atoms with Gasteiger partial charge in [-0.3, -0.25) is 14.4 Å². The maximum atomic E-state index is 11.9. The van der Waals surface area contributed by atoms with E-state index in [0.717, 1.165) is 16.2 Å². The van der Waals surface area contributed by atoms with Crippen LogP contribution < -0.4 is 10.3 Å². The van der Waals surface area contributed by atoms with E-state index in [1.807, 2.05) is 0 Å². The number of nitrogens with zero attached hydrogens (tertiary/aromatic N) is 2. The van der Waals surface area contributed by atoms with Crippen LogP contribution in [0.1, 0.15) is 24.8 Å². The Morgan fingerprint density at radius 3 is 2.45 bits per heavy atom. The molecule has 0 unspecified atom stereocenters. The number of rotatable bonds is 4. The highest BCUT2D eigenvalue weighted by Gasteiger charge is 2.21. The zero-order valence-electron chi connectivity index (χ0n) is 11.6. The van der Waals surface area contributed by atoms with Crippen molar-refractivity contribution in [2.45, 2.75) is 19.3 Å². The molecule has 1 aromatic carbocycles. The quantitative estimate of drug-likeness (QED) is 0.652. The zero-order chi connectivity index (χ0) is 16.1. The van der Waals surface area contributed by atoms with E-state index in [2.05, 4.69) is 23.2 Å². The Morgan fingerprint density at radius 2 is 1.95 bits per heavy atom. The molecule has 1 aliphatic heterocycles. The molecule has 0 spiro atoms. The Kier molecular flexibility index (Phi) is 5.57. The van der Waals surface area contributed by atoms with E-state index in [1.165, 1.54) is 0 Å². The van der Waals surface area contributed by atoms with E-state index in [-0.39, 0.29) is 18.2 Å². The van der Waals surface area contributed by atoms with Gasteiger partial charge in [0.2, 0.25) is 11.8 Å². The van der Waals surface area contributed by atoms with Crippen molar-refractivity contribution in [3.05, 3.63) is 29.8 Å². The van der Waals surface area contributed by atoms with Crippen molar-refractivity contribution in [1.82, 2.24) is 5.43 Å². The van der Waals surface area contributed by atoms with E-state index in [0.29, 0.717) is 18.5 Å². The lowest BCUT2D eigenvalue weighted by molar-refractivity contribution is -0.121. The van der Waals surface area contributed by atoms with Crippen LogP contribution in [0.5, 0.6) is 0 Å². The van der Waals surface area contributed by atoms with Gasteiger partial charge in [0.1, 0.15) is 0 Å². The van der Waals surface area contributed by atoms with Crippen LogP contribution in [-0.4, -0.2) is 28.6 Å². The fourth-order valence-electron chi connectivity index (χ4n) is 2.04. The minimum atomic E-state index is -0.662. The minimum absolute atomic E-state index is 0.0499. The summed E-state index contributed by atoms with van der Waals surface area (Å²) in [5, 5.41) is 3.33. The van der Waals surface area contributed by atoms with Crippen LogP contribution in [0.4, 0.5) is 10.5 Å². The van der Waals surface area contributed by atoms with E-state index in [4.69, 9.17) is 11.6 Å². The second-order valence-corrected chi connectivity index (χ2v) is 5.35. The summed E-state index contributed by atoms with van der Waals surface area (Å²) in [5.74, 6) is -0.394. The number of amides is 3. The second kappa shape index (κ2) is 7.42. The SMILES string of the molecule is O=C1CCC(c2ccc(N(C(=O)S)C(=O)CCCl)cc2)=NN1. The average molecular weight is 340 g/mol. The molecule has 0 radical (unpaired) electrons. The zero-order valence-corrected chi connectivity index (χ0v) is 13.2. The number of imide groups is 1. The molecule has 0 aliphatic carbocycles. The molecule has 0 fully saturated rings. The predicted molar refractivity (Wildman–Crippen MR) is 87.6 cm³/mol. The van der Waals surface area contributed by atoms with Gasteiger partial charge in [0.15, 0.2) is 0 Å². The Hall–Kier alpha value is -1.86. The van der Waals surface area contributed by atoms with Gasteiger partial charge in [-0.15, -0.1) is 11.6 Å². The van der Waals surface area contributed by atoms with Gasteiger partial charge in [-0.1, -0.05) is 24.8 Å². The van der Waals surface area contributed by atoms with Crippen LogP contribution in [0.2, 0.25) is 0 Å². The third-order valence-corrected chi connectivity index (χ3v) is 3.50. The predicted octanol–water partition coefficient (Wildman–Crippen LogP) is 2.31. The molecule has 3 amide bonds. The number of thiol groups is 1. The van der Waals surface area contributed by atoms with Crippen LogP contribution in [0.3, 0.4) is 0 Å². The molecule has 1 aromatic rings. The molecular weight excluding hydrogens is 326 g/mol. The second-order valence-electron chi connectivity index (χ2n) is 4.59. The first-order valence-electron chi connectivity index (χ1n) is 6.60. The van der Waals surface area contributed by atoms with Crippen molar-refractivity contribution in [2.75, 3.05) is 10.8 Å². The van der Waals surface area contributed by atoms with Crippen LogP contribution in [0.15, 0.2) is 29.4 Å². The number of benzene rings is 1. The molecule has 0 bridgehead atoms. The summed E-state index contributed by atoms with van der Waals surface area (Å²) in [6.45, 7) is 0. The van der Waals surface area contributed by atoms with E-state index in [9.17, 15) is 14.4 Å². The fraction of sp³-hybridized carbons (Fsp3) is 0.286. The number of alkyl halides is 1. The number of anilines is 1. The lowest BCUT2D eigenvalue weighted by Crippen LogP contribution is -2.33. The highest BCUT2D eigenvalue weighted by atomic mass is 35.5. The lowest BCUT2D eigenvalue weighted by Gasteiger charge is -2.19. The summed E-state index contributed by atoms with van der Waals surface area (Å²) in [5.41, 5.74) is 4.41. The monoisotopic (exact) mass is 339 g/mol. The summed E-state index contributed by atoms with van der Waals surface area (Å²) in [6, 6.07) is 6.75. The molecule has 6 nitrogen and oxygen atoms in total. The van der Waals surface area contributed by atoms with Gasteiger partial charge in [-0.05, 0) is 17.7 Å². The molecule has 0 atom stereocenters. The normalized spacial score (nSPS) is 14.1. The first-order chi connectivity index (χ1) is 10.5. The van der Waals surface area contributed by atoms with Crippen molar-refractivity contribution >= 4 is 52.7 Å². The highest BCUT2D eigenvalue weighted by molar-refractivity contribution is 7.97. The van der Waals surface area contributed by atoms with Gasteiger partial charge in [0.25, 0.3) is 5.24 Å². The minimum Gasteiger partial charge on any atom is -0.274 e. The van der Waals surface area contributed by atoms with Crippen molar-refractivity contribution < 1.29 is 14.4 Å². The van der Waals surface area contributed by atoms with E-state index in [1.54, 1.807) is 24.3 Å².